The number of fused-ring (bicyclic) bond motifs is 1. The minimum absolute atomic E-state index is 0.0859. The number of halogens is 6. The number of carbonyl (C=O) groups excluding carboxylic acids is 1. The number of hydrogen-bond donors (Lipinski definition) is 2. The van der Waals surface area contributed by atoms with Gasteiger partial charge in [0.1, 0.15) is 6.61 Å². The average Bonchev–Trinajstić information content (AvgIpc) is 3.22. The summed E-state index contributed by atoms with van der Waals surface area (Å²) in [7, 11) is 3.35. The summed E-state index contributed by atoms with van der Waals surface area (Å²) in [6.07, 6.45) is -5.39. The zero-order chi connectivity index (χ0) is 28.4. The van der Waals surface area contributed by atoms with Gasteiger partial charge in [-0.25, -0.2) is 9.59 Å². The van der Waals surface area contributed by atoms with E-state index in [1.165, 1.54) is 5.56 Å². The van der Waals surface area contributed by atoms with Crippen molar-refractivity contribution < 1.29 is 60.4 Å². The summed E-state index contributed by atoms with van der Waals surface area (Å²) in [5.41, 5.74) is 1.25. The number of ether oxygens (including phenoxy) is 2. The van der Waals surface area contributed by atoms with E-state index in [0.29, 0.717) is 5.92 Å². The molecule has 0 bridgehead atoms. The van der Waals surface area contributed by atoms with Crippen LogP contribution in [0.4, 0.5) is 26.3 Å². The number of nitrogens with zero attached hydrogens (tertiary/aromatic N) is 3. The average molecular weight is 547 g/mol. The molecule has 1 amide bonds. The second kappa shape index (κ2) is 14.1. The number of hydrogen-bond acceptors (Lipinski definition) is 7. The van der Waals surface area contributed by atoms with Crippen LogP contribution in [0.1, 0.15) is 12.0 Å². The van der Waals surface area contributed by atoms with Gasteiger partial charge in [-0.3, -0.25) is 14.7 Å². The van der Waals surface area contributed by atoms with Gasteiger partial charge in [-0.15, -0.1) is 0 Å². The normalized spacial score (nSPS) is 21.6. The van der Waals surface area contributed by atoms with E-state index in [1.807, 2.05) is 29.4 Å². The lowest BCUT2D eigenvalue weighted by atomic mass is 9.89. The molecule has 16 heteroatoms. The maximum atomic E-state index is 12.3. The highest BCUT2D eigenvalue weighted by atomic mass is 19.4. The predicted molar refractivity (Wildman–Crippen MR) is 113 cm³/mol. The molecular formula is C21H27F6N3O7. The van der Waals surface area contributed by atoms with Crippen molar-refractivity contribution in [2.75, 3.05) is 40.5 Å². The number of likely N-dealkylation sites (tertiary alicyclic amines) is 2. The minimum Gasteiger partial charge on any atom is -0.475 e. The second-order valence-electron chi connectivity index (χ2n) is 7.97. The van der Waals surface area contributed by atoms with Crippen molar-refractivity contribution in [3.63, 3.8) is 0 Å². The molecule has 0 aliphatic carbocycles. The number of carbonyl (C=O) groups is 3. The molecule has 2 N–H and O–H groups in total. The second-order valence-corrected chi connectivity index (χ2v) is 7.97. The summed E-state index contributed by atoms with van der Waals surface area (Å²) < 4.78 is 74.2. The largest absolute Gasteiger partial charge is 0.490 e. The highest BCUT2D eigenvalue weighted by Gasteiger charge is 2.45. The van der Waals surface area contributed by atoms with Crippen molar-refractivity contribution in [1.29, 1.82) is 0 Å². The Kier molecular flexibility index (Phi) is 12.2. The molecule has 1 aromatic heterocycles. The SMILES string of the molecule is COCC(=O)N1CC[C@@H](OC)[C@H]2CN(Cc3ccncc3)C[C@H]21.O=C(O)C(F)(F)F.O=C(O)C(F)(F)F. The molecule has 3 atom stereocenters. The van der Waals surface area contributed by atoms with Gasteiger partial charge < -0.3 is 24.6 Å². The smallest absolute Gasteiger partial charge is 0.475 e. The molecule has 2 fully saturated rings. The molecule has 2 aliphatic rings. The number of methoxy groups -OCH3 is 2. The van der Waals surface area contributed by atoms with Crippen LogP contribution in [0.15, 0.2) is 24.5 Å². The first-order valence-electron chi connectivity index (χ1n) is 10.6. The molecule has 210 valence electrons. The quantitative estimate of drug-likeness (QED) is 0.532. The molecule has 37 heavy (non-hydrogen) atoms. The molecule has 0 saturated carbocycles. The molecule has 2 saturated heterocycles. The van der Waals surface area contributed by atoms with Crippen LogP contribution in [0, 0.1) is 5.92 Å². The molecule has 10 nitrogen and oxygen atoms in total. The molecule has 1 aromatic rings. The van der Waals surface area contributed by atoms with Crippen molar-refractivity contribution in [3.8, 4) is 0 Å². The molecule has 0 radical (unpaired) electrons. The van der Waals surface area contributed by atoms with Crippen molar-refractivity contribution in [3.05, 3.63) is 30.1 Å². The fraction of sp³-hybridized carbons (Fsp3) is 0.619. The number of aliphatic carboxylic acids is 2. The lowest BCUT2D eigenvalue weighted by Crippen LogP contribution is -2.54. The Labute approximate surface area is 207 Å². The van der Waals surface area contributed by atoms with Gasteiger partial charge in [0.2, 0.25) is 5.91 Å². The minimum atomic E-state index is -5.08. The summed E-state index contributed by atoms with van der Waals surface area (Å²) in [5, 5.41) is 14.2. The monoisotopic (exact) mass is 547 g/mol. The lowest BCUT2D eigenvalue weighted by molar-refractivity contribution is -0.193. The summed E-state index contributed by atoms with van der Waals surface area (Å²) >= 11 is 0. The highest BCUT2D eigenvalue weighted by Crippen LogP contribution is 2.33. The lowest BCUT2D eigenvalue weighted by Gasteiger charge is -2.41. The zero-order valence-electron chi connectivity index (χ0n) is 19.8. The third kappa shape index (κ3) is 10.5. The number of carboxylic acid groups (broad SMARTS) is 2. The van der Waals surface area contributed by atoms with Crippen LogP contribution < -0.4 is 0 Å². The van der Waals surface area contributed by atoms with E-state index >= 15 is 0 Å². The Morgan fingerprint density at radius 1 is 1.00 bits per heavy atom. The van der Waals surface area contributed by atoms with Crippen LogP contribution in [-0.2, 0) is 30.4 Å². The van der Waals surface area contributed by atoms with E-state index in [4.69, 9.17) is 29.3 Å². The Bertz CT molecular complexity index is 862. The predicted octanol–water partition coefficient (Wildman–Crippen LogP) is 2.04. The summed E-state index contributed by atoms with van der Waals surface area (Å²) in [6.45, 7) is 3.65. The van der Waals surface area contributed by atoms with Crippen LogP contribution in [0.25, 0.3) is 0 Å². The number of alkyl halides is 6. The molecule has 3 heterocycles. The zero-order valence-corrected chi connectivity index (χ0v) is 19.8. The fourth-order valence-electron chi connectivity index (χ4n) is 3.92. The maximum absolute atomic E-state index is 12.3. The van der Waals surface area contributed by atoms with Gasteiger partial charge in [0, 0.05) is 58.7 Å². The van der Waals surface area contributed by atoms with E-state index in [2.05, 4.69) is 9.88 Å². The van der Waals surface area contributed by atoms with E-state index in [1.54, 1.807) is 14.2 Å². The van der Waals surface area contributed by atoms with Crippen molar-refractivity contribution >= 4 is 17.8 Å². The first-order chi connectivity index (χ1) is 17.1. The topological polar surface area (TPSA) is 130 Å². The number of piperidine rings is 1. The molecule has 0 unspecified atom stereocenters. The molecular weight excluding hydrogens is 520 g/mol. The van der Waals surface area contributed by atoms with Crippen LogP contribution >= 0.6 is 0 Å². The standard InChI is InChI=1S/C17H25N3O3.2C2HF3O2/c1-22-12-17(21)20-8-5-16(23-2)14-10-19(11-15(14)20)9-13-3-6-18-7-4-13;2*3-2(4,5)1(6)7/h3-4,6-7,14-16H,5,8-12H2,1-2H3;2*(H,6,7)/t14-,15+,16+;;/m0../s1. The van der Waals surface area contributed by atoms with Crippen LogP contribution in [0.5, 0.6) is 0 Å². The maximum Gasteiger partial charge on any atom is 0.490 e. The Morgan fingerprint density at radius 2 is 1.51 bits per heavy atom. The number of aromatic nitrogens is 1. The first kappa shape index (κ1) is 32.0. The van der Waals surface area contributed by atoms with E-state index in [0.717, 1.165) is 32.6 Å². The third-order valence-electron chi connectivity index (χ3n) is 5.47. The third-order valence-corrected chi connectivity index (χ3v) is 5.47. The van der Waals surface area contributed by atoms with Crippen LogP contribution in [-0.4, -0.2) is 108 Å². The Hall–Kier alpha value is -2.98. The number of carboxylic acids is 2. The highest BCUT2D eigenvalue weighted by molar-refractivity contribution is 5.78. The Balaban J connectivity index is 0.000000404. The van der Waals surface area contributed by atoms with Gasteiger partial charge in [-0.05, 0) is 24.1 Å². The molecule has 3 rings (SSSR count). The Morgan fingerprint density at radius 3 is 1.95 bits per heavy atom. The van der Waals surface area contributed by atoms with Crippen LogP contribution in [0.3, 0.4) is 0 Å². The van der Waals surface area contributed by atoms with E-state index in [-0.39, 0.29) is 24.7 Å². The van der Waals surface area contributed by atoms with Crippen molar-refractivity contribution in [2.45, 2.75) is 37.5 Å². The van der Waals surface area contributed by atoms with Crippen molar-refractivity contribution in [1.82, 2.24) is 14.8 Å². The molecule has 2 aliphatic heterocycles. The van der Waals surface area contributed by atoms with E-state index in [9.17, 15) is 31.1 Å². The number of pyridine rings is 1. The molecule has 0 aromatic carbocycles. The first-order valence-corrected chi connectivity index (χ1v) is 10.6. The van der Waals surface area contributed by atoms with Gasteiger partial charge in [-0.1, -0.05) is 0 Å². The van der Waals surface area contributed by atoms with Gasteiger partial charge in [0.25, 0.3) is 0 Å². The van der Waals surface area contributed by atoms with Gasteiger partial charge in [0.15, 0.2) is 0 Å². The van der Waals surface area contributed by atoms with E-state index < -0.39 is 24.3 Å². The number of amides is 1. The summed E-state index contributed by atoms with van der Waals surface area (Å²) in [4.78, 5) is 38.6. The summed E-state index contributed by atoms with van der Waals surface area (Å²) in [6, 6.07) is 4.31. The van der Waals surface area contributed by atoms with Crippen molar-refractivity contribution in [2.24, 2.45) is 5.92 Å². The van der Waals surface area contributed by atoms with Gasteiger partial charge in [-0.2, -0.15) is 26.3 Å². The van der Waals surface area contributed by atoms with Gasteiger partial charge >= 0.3 is 24.3 Å². The summed E-state index contributed by atoms with van der Waals surface area (Å²) in [5.74, 6) is -5.06. The van der Waals surface area contributed by atoms with Gasteiger partial charge in [0.05, 0.1) is 12.1 Å². The molecule has 0 spiro atoms. The van der Waals surface area contributed by atoms with Crippen LogP contribution in [0.2, 0.25) is 0 Å². The fourth-order valence-corrected chi connectivity index (χ4v) is 3.92. The number of rotatable bonds is 5.